The highest BCUT2D eigenvalue weighted by molar-refractivity contribution is 5.95. The number of carboxylic acids is 2. The van der Waals surface area contributed by atoms with Crippen LogP contribution in [0.15, 0.2) is 42.9 Å². The van der Waals surface area contributed by atoms with Crippen LogP contribution >= 0.6 is 0 Å². The standard InChI is InChI=1S/C24H30N6O7/c31-20(32)11-18(23(35)30-19(24(36)37)10-15-12-25-13-27-15)29-22(34)17(9-14-5-2-1-3-6-14)28-21(33)16-7-4-8-26-16/h1-3,5-6,12-13,16-19,26H,4,7-11H2,(H,25,27)(H,28,33)(H,29,34)(H,30,35)(H,31,32)(H,36,37). The van der Waals surface area contributed by atoms with Crippen molar-refractivity contribution in [2.24, 2.45) is 0 Å². The Kier molecular flexibility index (Phi) is 9.72. The molecule has 3 amide bonds. The number of hydrogen-bond donors (Lipinski definition) is 7. The van der Waals surface area contributed by atoms with Gasteiger partial charge in [-0.2, -0.15) is 0 Å². The van der Waals surface area contributed by atoms with Crippen molar-refractivity contribution in [1.29, 1.82) is 0 Å². The number of nitrogens with one attached hydrogen (secondary N) is 5. The number of aliphatic carboxylic acids is 2. The number of amides is 3. The van der Waals surface area contributed by atoms with Crippen LogP contribution in [0.25, 0.3) is 0 Å². The Morgan fingerprint density at radius 3 is 2.24 bits per heavy atom. The maximum absolute atomic E-state index is 13.2. The predicted molar refractivity (Wildman–Crippen MR) is 129 cm³/mol. The van der Waals surface area contributed by atoms with E-state index < -0.39 is 54.3 Å². The van der Waals surface area contributed by atoms with Gasteiger partial charge in [-0.15, -0.1) is 0 Å². The number of aromatic amines is 1. The van der Waals surface area contributed by atoms with Crippen LogP contribution in [0.3, 0.4) is 0 Å². The van der Waals surface area contributed by atoms with Gasteiger partial charge >= 0.3 is 11.9 Å². The summed E-state index contributed by atoms with van der Waals surface area (Å²) in [5.41, 5.74) is 1.18. The lowest BCUT2D eigenvalue weighted by Crippen LogP contribution is -2.58. The smallest absolute Gasteiger partial charge is 0.326 e. The molecule has 2 heterocycles. The molecule has 3 rings (SSSR count). The lowest BCUT2D eigenvalue weighted by atomic mass is 10.0. The van der Waals surface area contributed by atoms with Gasteiger partial charge in [0.2, 0.25) is 17.7 Å². The van der Waals surface area contributed by atoms with E-state index in [1.54, 1.807) is 30.3 Å². The first-order valence-corrected chi connectivity index (χ1v) is 11.8. The van der Waals surface area contributed by atoms with Crippen molar-refractivity contribution in [1.82, 2.24) is 31.2 Å². The highest BCUT2D eigenvalue weighted by atomic mass is 16.4. The van der Waals surface area contributed by atoms with E-state index in [-0.39, 0.29) is 18.7 Å². The van der Waals surface area contributed by atoms with Crippen LogP contribution < -0.4 is 21.3 Å². The Bertz CT molecular complexity index is 1090. The molecule has 37 heavy (non-hydrogen) atoms. The summed E-state index contributed by atoms with van der Waals surface area (Å²) in [5, 5.41) is 29.2. The van der Waals surface area contributed by atoms with E-state index in [4.69, 9.17) is 0 Å². The fraction of sp³-hybridized carbons (Fsp3) is 0.417. The second-order valence-corrected chi connectivity index (χ2v) is 8.74. The van der Waals surface area contributed by atoms with Gasteiger partial charge in [0.15, 0.2) is 0 Å². The highest BCUT2D eigenvalue weighted by Crippen LogP contribution is 2.09. The minimum Gasteiger partial charge on any atom is -0.481 e. The quantitative estimate of drug-likeness (QED) is 0.174. The van der Waals surface area contributed by atoms with E-state index >= 15 is 0 Å². The normalized spacial score (nSPS) is 17.2. The zero-order chi connectivity index (χ0) is 26.8. The van der Waals surface area contributed by atoms with Gasteiger partial charge in [-0.1, -0.05) is 30.3 Å². The summed E-state index contributed by atoms with van der Waals surface area (Å²) in [6.45, 7) is 0.678. The van der Waals surface area contributed by atoms with Crippen LogP contribution in [-0.2, 0) is 36.8 Å². The van der Waals surface area contributed by atoms with Gasteiger partial charge in [0.1, 0.15) is 18.1 Å². The Labute approximate surface area is 212 Å². The average Bonchev–Trinajstić information content (AvgIpc) is 3.57. The Hall–Kier alpha value is -4.26. The fourth-order valence-corrected chi connectivity index (χ4v) is 3.98. The van der Waals surface area contributed by atoms with Crippen molar-refractivity contribution < 1.29 is 34.2 Å². The predicted octanol–water partition coefficient (Wildman–Crippen LogP) is -1.04. The second kappa shape index (κ2) is 13.2. The zero-order valence-corrected chi connectivity index (χ0v) is 20.0. The summed E-state index contributed by atoms with van der Waals surface area (Å²) in [6.07, 6.45) is 3.37. The van der Waals surface area contributed by atoms with E-state index in [0.717, 1.165) is 12.0 Å². The third kappa shape index (κ3) is 8.42. The third-order valence-corrected chi connectivity index (χ3v) is 5.90. The van der Waals surface area contributed by atoms with Crippen molar-refractivity contribution in [2.45, 2.75) is 56.3 Å². The Balaban J connectivity index is 1.74. The number of imidazole rings is 1. The largest absolute Gasteiger partial charge is 0.481 e. The molecule has 1 aromatic heterocycles. The minimum absolute atomic E-state index is 0.101. The average molecular weight is 515 g/mol. The molecule has 7 N–H and O–H groups in total. The SMILES string of the molecule is O=C(O)CC(NC(=O)C(Cc1ccccc1)NC(=O)C1CCCN1)C(=O)NC(Cc1cnc[nH]1)C(=O)O. The number of nitrogens with zero attached hydrogens (tertiary/aromatic N) is 1. The van der Waals surface area contributed by atoms with Crippen LogP contribution in [0, 0.1) is 0 Å². The Morgan fingerprint density at radius 1 is 0.946 bits per heavy atom. The summed E-state index contributed by atoms with van der Waals surface area (Å²) < 4.78 is 0. The minimum atomic E-state index is -1.58. The molecule has 13 nitrogen and oxygen atoms in total. The summed E-state index contributed by atoms with van der Waals surface area (Å²) >= 11 is 0. The van der Waals surface area contributed by atoms with Crippen LogP contribution in [0.4, 0.5) is 0 Å². The number of rotatable bonds is 13. The first kappa shape index (κ1) is 27.3. The van der Waals surface area contributed by atoms with E-state index in [1.165, 1.54) is 12.5 Å². The van der Waals surface area contributed by atoms with Gasteiger partial charge in [0.05, 0.1) is 18.8 Å². The molecule has 1 aromatic carbocycles. The van der Waals surface area contributed by atoms with Crippen LogP contribution in [-0.4, -0.2) is 80.6 Å². The second-order valence-electron chi connectivity index (χ2n) is 8.74. The number of carbonyl (C=O) groups excluding carboxylic acids is 3. The maximum atomic E-state index is 13.2. The van der Waals surface area contributed by atoms with Crippen molar-refractivity contribution in [2.75, 3.05) is 6.54 Å². The number of H-pyrrole nitrogens is 1. The molecule has 0 saturated carbocycles. The molecular formula is C24H30N6O7. The van der Waals surface area contributed by atoms with E-state index in [9.17, 15) is 34.2 Å². The molecule has 0 radical (unpaired) electrons. The maximum Gasteiger partial charge on any atom is 0.326 e. The van der Waals surface area contributed by atoms with Gasteiger partial charge in [0, 0.05) is 24.7 Å². The molecule has 4 atom stereocenters. The summed E-state index contributed by atoms with van der Waals surface area (Å²) in [5.74, 6) is -4.85. The van der Waals surface area contributed by atoms with Gasteiger partial charge in [-0.25, -0.2) is 9.78 Å². The van der Waals surface area contributed by atoms with E-state index in [2.05, 4.69) is 31.2 Å². The molecule has 13 heteroatoms. The molecule has 1 fully saturated rings. The van der Waals surface area contributed by atoms with Crippen molar-refractivity contribution in [3.63, 3.8) is 0 Å². The van der Waals surface area contributed by atoms with Gasteiger partial charge in [0.25, 0.3) is 0 Å². The summed E-state index contributed by atoms with van der Waals surface area (Å²) in [6, 6.07) is 4.37. The topological polar surface area (TPSA) is 203 Å². The molecule has 1 aliphatic rings. The molecule has 198 valence electrons. The molecule has 2 aromatic rings. The van der Waals surface area contributed by atoms with E-state index in [0.29, 0.717) is 18.7 Å². The molecule has 1 aliphatic heterocycles. The zero-order valence-electron chi connectivity index (χ0n) is 20.0. The molecule has 1 saturated heterocycles. The molecule has 0 aliphatic carbocycles. The lowest BCUT2D eigenvalue weighted by molar-refractivity contribution is -0.143. The number of carboxylic acid groups (broad SMARTS) is 2. The molecule has 0 bridgehead atoms. The fourth-order valence-electron chi connectivity index (χ4n) is 3.98. The highest BCUT2D eigenvalue weighted by Gasteiger charge is 2.32. The van der Waals surface area contributed by atoms with Gasteiger partial charge < -0.3 is 36.5 Å². The van der Waals surface area contributed by atoms with Crippen molar-refractivity contribution in [3.05, 3.63) is 54.1 Å². The van der Waals surface area contributed by atoms with Crippen molar-refractivity contribution >= 4 is 29.7 Å². The van der Waals surface area contributed by atoms with Gasteiger partial charge in [-0.3, -0.25) is 19.2 Å². The molecule has 0 spiro atoms. The third-order valence-electron chi connectivity index (χ3n) is 5.90. The first-order chi connectivity index (χ1) is 17.7. The monoisotopic (exact) mass is 514 g/mol. The number of carbonyl (C=O) groups is 5. The number of hydrogen-bond acceptors (Lipinski definition) is 7. The van der Waals surface area contributed by atoms with Crippen molar-refractivity contribution in [3.8, 4) is 0 Å². The summed E-state index contributed by atoms with van der Waals surface area (Å²) in [7, 11) is 0. The number of benzene rings is 1. The van der Waals surface area contributed by atoms with Crippen LogP contribution in [0.1, 0.15) is 30.5 Å². The number of aromatic nitrogens is 2. The van der Waals surface area contributed by atoms with Crippen LogP contribution in [0.2, 0.25) is 0 Å². The Morgan fingerprint density at radius 2 is 1.65 bits per heavy atom. The first-order valence-electron chi connectivity index (χ1n) is 11.8. The molecule has 4 unspecified atom stereocenters. The van der Waals surface area contributed by atoms with Gasteiger partial charge in [-0.05, 0) is 24.9 Å². The lowest BCUT2D eigenvalue weighted by Gasteiger charge is -2.24. The van der Waals surface area contributed by atoms with E-state index in [1.807, 2.05) is 0 Å². The summed E-state index contributed by atoms with van der Waals surface area (Å²) in [4.78, 5) is 68.5. The van der Waals surface area contributed by atoms with Crippen LogP contribution in [0.5, 0.6) is 0 Å². The molecular weight excluding hydrogens is 484 g/mol.